The van der Waals surface area contributed by atoms with E-state index in [0.29, 0.717) is 19.3 Å². The molecule has 2 N–H and O–H groups in total. The molecule has 10 heteroatoms. The van der Waals surface area contributed by atoms with Crippen LogP contribution < -0.4 is 0 Å². The van der Waals surface area contributed by atoms with Crippen molar-refractivity contribution >= 4 is 22.8 Å². The average Bonchev–Trinajstić information content (AvgIpc) is 3.32. The van der Waals surface area contributed by atoms with Crippen molar-refractivity contribution in [3.8, 4) is 0 Å². The van der Waals surface area contributed by atoms with Crippen molar-refractivity contribution in [3.05, 3.63) is 0 Å². The summed E-state index contributed by atoms with van der Waals surface area (Å²) in [6.45, 7) is 5.65. The number of aliphatic hydroxyl groups is 2. The largest absolute Gasteiger partial charge is 0.454 e. The number of aliphatic hydroxyl groups excluding tert-OH is 2. The van der Waals surface area contributed by atoms with Crippen LogP contribution in [0.1, 0.15) is 40.0 Å². The molecule has 0 aromatic heterocycles. The molecule has 0 radical (unpaired) electrons. The monoisotopic (exact) mass is 350 g/mol. The standard InChI is InChI=1S/C5H7ClN2O2.C4H8N2O.C4H8O2/c1-5(7-8-5)2-3-10-4(6)9;1-4(2-3-7)5-6-4;1-4(6)2-3-5/h2-3H2,1H3;7H,2-3H2,1H3;5H,2-3H2,1H3. The lowest BCUT2D eigenvalue weighted by Crippen LogP contribution is -2.09. The fraction of sp³-hybridized carbons (Fsp3) is 0.846. The number of rotatable bonds is 7. The zero-order valence-electron chi connectivity index (χ0n) is 13.5. The van der Waals surface area contributed by atoms with E-state index in [0.717, 1.165) is 0 Å². The van der Waals surface area contributed by atoms with E-state index < -0.39 is 5.43 Å². The van der Waals surface area contributed by atoms with Crippen LogP contribution in [0.25, 0.3) is 0 Å². The smallest absolute Gasteiger partial charge is 0.403 e. The molecule has 0 saturated heterocycles. The van der Waals surface area contributed by atoms with Crippen LogP contribution in [0.2, 0.25) is 0 Å². The maximum atomic E-state index is 10.0. The Kier molecular flexibility index (Phi) is 9.70. The van der Waals surface area contributed by atoms with Gasteiger partial charge in [0.2, 0.25) is 0 Å². The summed E-state index contributed by atoms with van der Waals surface area (Å²) < 4.78 is 4.46. The Morgan fingerprint density at radius 3 is 1.70 bits per heavy atom. The molecule has 2 rings (SSSR count). The van der Waals surface area contributed by atoms with Crippen LogP contribution in [0, 0.1) is 0 Å². The number of Topliss-reactive ketones (excluding diaryl/α,β-unsaturated/α-hetero) is 1. The van der Waals surface area contributed by atoms with Gasteiger partial charge >= 0.3 is 5.43 Å². The summed E-state index contributed by atoms with van der Waals surface area (Å²) in [5.74, 6) is 0.0394. The zero-order valence-corrected chi connectivity index (χ0v) is 14.3. The molecular formula is C13H23ClN4O5. The van der Waals surface area contributed by atoms with E-state index in [4.69, 9.17) is 21.8 Å². The molecule has 0 saturated carbocycles. The van der Waals surface area contributed by atoms with Gasteiger partial charge in [-0.1, -0.05) is 0 Å². The Labute approximate surface area is 139 Å². The number of hydrogen-bond donors (Lipinski definition) is 2. The van der Waals surface area contributed by atoms with Gasteiger partial charge in [-0.25, -0.2) is 4.79 Å². The van der Waals surface area contributed by atoms with Crippen molar-refractivity contribution in [2.45, 2.75) is 51.4 Å². The van der Waals surface area contributed by atoms with Crippen LogP contribution in [-0.4, -0.2) is 52.6 Å². The van der Waals surface area contributed by atoms with Gasteiger partial charge < -0.3 is 14.9 Å². The highest BCUT2D eigenvalue weighted by Crippen LogP contribution is 2.30. The maximum Gasteiger partial charge on any atom is 0.403 e. The van der Waals surface area contributed by atoms with E-state index in [1.165, 1.54) is 6.92 Å². The molecule has 2 aliphatic rings. The van der Waals surface area contributed by atoms with Gasteiger partial charge in [0.15, 0.2) is 11.3 Å². The van der Waals surface area contributed by atoms with Gasteiger partial charge in [-0.15, -0.1) is 0 Å². The van der Waals surface area contributed by atoms with Crippen molar-refractivity contribution in [1.82, 2.24) is 0 Å². The maximum absolute atomic E-state index is 10.0. The molecule has 23 heavy (non-hydrogen) atoms. The first-order chi connectivity index (χ1) is 10.7. The van der Waals surface area contributed by atoms with Gasteiger partial charge in [-0.05, 0) is 20.8 Å². The summed E-state index contributed by atoms with van der Waals surface area (Å²) in [6, 6.07) is 0. The van der Waals surface area contributed by atoms with Crippen LogP contribution in [0.15, 0.2) is 20.5 Å². The van der Waals surface area contributed by atoms with E-state index >= 15 is 0 Å². The normalized spacial score (nSPS) is 17.1. The summed E-state index contributed by atoms with van der Waals surface area (Å²) >= 11 is 4.90. The van der Waals surface area contributed by atoms with Crippen LogP contribution in [0.3, 0.4) is 0 Å². The van der Waals surface area contributed by atoms with E-state index in [1.807, 2.05) is 13.8 Å². The number of halogens is 1. The lowest BCUT2D eigenvalue weighted by molar-refractivity contribution is -0.117. The number of carbonyl (C=O) groups excluding carboxylic acids is 2. The van der Waals surface area contributed by atoms with Crippen molar-refractivity contribution in [1.29, 1.82) is 0 Å². The number of carbonyl (C=O) groups is 2. The molecule has 0 spiro atoms. The van der Waals surface area contributed by atoms with Crippen LogP contribution in [0.5, 0.6) is 0 Å². The molecule has 0 amide bonds. The Balaban J connectivity index is 0.000000330. The second-order valence-electron chi connectivity index (χ2n) is 5.32. The molecule has 0 atom stereocenters. The quantitative estimate of drug-likeness (QED) is 0.680. The number of nitrogens with zero attached hydrogens (tertiary/aromatic N) is 4. The van der Waals surface area contributed by atoms with E-state index in [1.54, 1.807) is 0 Å². The first-order valence-corrected chi connectivity index (χ1v) is 7.46. The SMILES string of the molecule is CC(=O)CCO.CC1(CCO)N=N1.CC1(CCOC(=O)Cl)N=N1. The molecule has 0 aromatic rings. The Morgan fingerprint density at radius 2 is 1.48 bits per heavy atom. The number of ketones is 1. The molecule has 2 aliphatic heterocycles. The second-order valence-corrected chi connectivity index (χ2v) is 5.63. The Hall–Kier alpha value is -1.45. The van der Waals surface area contributed by atoms with Gasteiger partial charge in [-0.3, -0.25) is 4.79 Å². The highest BCUT2D eigenvalue weighted by molar-refractivity contribution is 6.61. The predicted octanol–water partition coefficient (Wildman–Crippen LogP) is 2.44. The minimum Gasteiger partial charge on any atom is -0.454 e. The molecule has 0 aromatic carbocycles. The summed E-state index contributed by atoms with van der Waals surface area (Å²) in [7, 11) is 0. The molecule has 0 bridgehead atoms. The van der Waals surface area contributed by atoms with Gasteiger partial charge in [-0.2, -0.15) is 20.5 Å². The van der Waals surface area contributed by atoms with Crippen LogP contribution in [-0.2, 0) is 9.53 Å². The van der Waals surface area contributed by atoms with E-state index in [-0.39, 0.29) is 36.9 Å². The predicted molar refractivity (Wildman–Crippen MR) is 82.4 cm³/mol. The van der Waals surface area contributed by atoms with Gasteiger partial charge in [0.05, 0.1) is 6.61 Å². The minimum atomic E-state index is -0.774. The Morgan fingerprint density at radius 1 is 1.00 bits per heavy atom. The topological polar surface area (TPSA) is 133 Å². The van der Waals surface area contributed by atoms with Gasteiger partial charge in [0, 0.05) is 44.1 Å². The number of hydrogen-bond acceptors (Lipinski definition) is 9. The molecule has 0 aliphatic carbocycles. The van der Waals surface area contributed by atoms with Crippen molar-refractivity contribution in [2.24, 2.45) is 20.5 Å². The van der Waals surface area contributed by atoms with Gasteiger partial charge in [0.1, 0.15) is 5.78 Å². The first-order valence-electron chi connectivity index (χ1n) is 7.08. The van der Waals surface area contributed by atoms with E-state index in [2.05, 4.69) is 25.2 Å². The summed E-state index contributed by atoms with van der Waals surface area (Å²) in [6.07, 6.45) is 1.58. The second kappa shape index (κ2) is 10.3. The first kappa shape index (κ1) is 21.6. The minimum absolute atomic E-state index is 0.0185. The average molecular weight is 351 g/mol. The molecule has 0 fully saturated rings. The molecule has 0 unspecified atom stereocenters. The molecule has 2 heterocycles. The summed E-state index contributed by atoms with van der Waals surface area (Å²) in [5, 5.41) is 31.2. The van der Waals surface area contributed by atoms with Crippen LogP contribution >= 0.6 is 11.6 Å². The lowest BCUT2D eigenvalue weighted by Gasteiger charge is -2.01. The van der Waals surface area contributed by atoms with Crippen molar-refractivity contribution < 1.29 is 24.5 Å². The number of ether oxygens (including phenoxy) is 1. The van der Waals surface area contributed by atoms with Gasteiger partial charge in [0.25, 0.3) is 0 Å². The third kappa shape index (κ3) is 13.9. The third-order valence-electron chi connectivity index (χ3n) is 2.72. The Bertz CT molecular complexity index is 444. The molecule has 132 valence electrons. The molecular weight excluding hydrogens is 328 g/mol. The van der Waals surface area contributed by atoms with E-state index in [9.17, 15) is 9.59 Å². The highest BCUT2D eigenvalue weighted by Gasteiger charge is 2.33. The third-order valence-corrected chi connectivity index (χ3v) is 2.83. The fourth-order valence-corrected chi connectivity index (χ4v) is 1.14. The molecule has 9 nitrogen and oxygen atoms in total. The fourth-order valence-electron chi connectivity index (χ4n) is 1.06. The van der Waals surface area contributed by atoms with Crippen molar-refractivity contribution in [3.63, 3.8) is 0 Å². The lowest BCUT2D eigenvalue weighted by atomic mass is 10.2. The van der Waals surface area contributed by atoms with Crippen molar-refractivity contribution in [2.75, 3.05) is 19.8 Å². The summed E-state index contributed by atoms with van der Waals surface area (Å²) in [4.78, 5) is 19.9. The summed E-state index contributed by atoms with van der Waals surface area (Å²) in [5.41, 5.74) is -1.27. The zero-order chi connectivity index (χ0) is 17.9. The van der Waals surface area contributed by atoms with Crippen LogP contribution in [0.4, 0.5) is 4.79 Å². The highest BCUT2D eigenvalue weighted by atomic mass is 35.5.